The van der Waals surface area contributed by atoms with Gasteiger partial charge in [-0.25, -0.2) is 9.82 Å². The molecule has 0 fully saturated rings. The molecule has 2 aromatic carbocycles. The van der Waals surface area contributed by atoms with Gasteiger partial charge in [-0.2, -0.15) is 10.1 Å². The Morgan fingerprint density at radius 1 is 1.20 bits per heavy atom. The standard InChI is InChI=1S/C18H15FN6/c1-2-11-7-8-15-13(9-11)16-17(21-15)22-18(25-23-16)24-20-10-12-5-3-4-6-14(12)19/h3-10H,2H2,1H3,(H2,21,22,24,25)/b20-10+. The van der Waals surface area contributed by atoms with Crippen LogP contribution >= 0.6 is 0 Å². The van der Waals surface area contributed by atoms with Crippen LogP contribution in [-0.4, -0.2) is 26.4 Å². The number of hydrogen-bond donors (Lipinski definition) is 2. The molecule has 0 saturated carbocycles. The van der Waals surface area contributed by atoms with E-state index in [0.29, 0.717) is 16.7 Å². The predicted octanol–water partition coefficient (Wildman–Crippen LogP) is 3.65. The number of nitrogens with one attached hydrogen (secondary N) is 2. The van der Waals surface area contributed by atoms with Gasteiger partial charge in [-0.3, -0.25) is 0 Å². The Bertz CT molecular complexity index is 1090. The van der Waals surface area contributed by atoms with E-state index in [1.54, 1.807) is 18.2 Å². The van der Waals surface area contributed by atoms with Gasteiger partial charge in [0.25, 0.3) is 5.95 Å². The van der Waals surface area contributed by atoms with Gasteiger partial charge in [0.1, 0.15) is 11.3 Å². The molecule has 0 spiro atoms. The zero-order chi connectivity index (χ0) is 17.2. The van der Waals surface area contributed by atoms with E-state index < -0.39 is 0 Å². The van der Waals surface area contributed by atoms with Crippen LogP contribution in [0.2, 0.25) is 0 Å². The van der Waals surface area contributed by atoms with Gasteiger partial charge in [0.2, 0.25) is 0 Å². The van der Waals surface area contributed by atoms with E-state index in [0.717, 1.165) is 17.3 Å². The van der Waals surface area contributed by atoms with Crippen molar-refractivity contribution in [3.63, 3.8) is 0 Å². The quantitative estimate of drug-likeness (QED) is 0.441. The molecule has 0 aliphatic rings. The molecule has 0 bridgehead atoms. The van der Waals surface area contributed by atoms with Gasteiger partial charge in [-0.05, 0) is 30.2 Å². The summed E-state index contributed by atoms with van der Waals surface area (Å²) in [6.45, 7) is 2.11. The van der Waals surface area contributed by atoms with Crippen molar-refractivity contribution in [2.75, 3.05) is 5.43 Å². The van der Waals surface area contributed by atoms with Crippen LogP contribution < -0.4 is 5.43 Å². The van der Waals surface area contributed by atoms with Crippen molar-refractivity contribution >= 4 is 34.2 Å². The molecule has 6 nitrogen and oxygen atoms in total. The van der Waals surface area contributed by atoms with Gasteiger partial charge in [0, 0.05) is 16.5 Å². The van der Waals surface area contributed by atoms with Crippen molar-refractivity contribution in [2.24, 2.45) is 5.10 Å². The molecule has 0 aliphatic heterocycles. The van der Waals surface area contributed by atoms with Crippen LogP contribution in [-0.2, 0) is 6.42 Å². The number of anilines is 1. The van der Waals surface area contributed by atoms with Crippen molar-refractivity contribution in [2.45, 2.75) is 13.3 Å². The average Bonchev–Trinajstić information content (AvgIpc) is 3.00. The summed E-state index contributed by atoms with van der Waals surface area (Å²) >= 11 is 0. The molecule has 4 aromatic rings. The average molecular weight is 334 g/mol. The van der Waals surface area contributed by atoms with Crippen LogP contribution in [0.1, 0.15) is 18.1 Å². The van der Waals surface area contributed by atoms with E-state index in [1.807, 2.05) is 6.07 Å². The molecular formula is C18H15FN6. The zero-order valence-electron chi connectivity index (χ0n) is 13.5. The molecule has 0 atom stereocenters. The molecule has 124 valence electrons. The second kappa shape index (κ2) is 6.27. The normalized spacial score (nSPS) is 11.6. The third kappa shape index (κ3) is 2.91. The fraction of sp³-hybridized carbons (Fsp3) is 0.111. The van der Waals surface area contributed by atoms with E-state index in [-0.39, 0.29) is 11.8 Å². The number of H-pyrrole nitrogens is 1. The Labute approximate surface area is 142 Å². The van der Waals surface area contributed by atoms with Gasteiger partial charge in [-0.15, -0.1) is 10.2 Å². The largest absolute Gasteiger partial charge is 0.338 e. The monoisotopic (exact) mass is 334 g/mol. The molecule has 0 amide bonds. The van der Waals surface area contributed by atoms with Crippen molar-refractivity contribution < 1.29 is 4.39 Å². The minimum atomic E-state index is -0.343. The fourth-order valence-corrected chi connectivity index (χ4v) is 2.63. The zero-order valence-corrected chi connectivity index (χ0v) is 13.5. The van der Waals surface area contributed by atoms with Crippen molar-refractivity contribution in [1.82, 2.24) is 20.2 Å². The second-order valence-electron chi connectivity index (χ2n) is 5.58. The fourth-order valence-electron chi connectivity index (χ4n) is 2.63. The SMILES string of the molecule is CCc1ccc2[nH]c3nc(N/N=C/c4ccccc4F)nnc3c2c1. The molecule has 0 unspecified atom stereocenters. The number of nitrogens with zero attached hydrogens (tertiary/aromatic N) is 4. The third-order valence-corrected chi connectivity index (χ3v) is 3.96. The molecule has 4 rings (SSSR count). The van der Waals surface area contributed by atoms with Crippen LogP contribution in [0.15, 0.2) is 47.6 Å². The number of hydrazone groups is 1. The number of halogens is 1. The summed E-state index contributed by atoms with van der Waals surface area (Å²) in [5.41, 5.74) is 6.59. The van der Waals surface area contributed by atoms with Crippen LogP contribution in [0.3, 0.4) is 0 Å². The molecule has 0 saturated heterocycles. The number of benzene rings is 2. The first-order valence-corrected chi connectivity index (χ1v) is 7.93. The highest BCUT2D eigenvalue weighted by Crippen LogP contribution is 2.23. The first-order valence-electron chi connectivity index (χ1n) is 7.93. The maximum atomic E-state index is 13.5. The van der Waals surface area contributed by atoms with E-state index in [2.05, 4.69) is 49.7 Å². The van der Waals surface area contributed by atoms with Gasteiger partial charge >= 0.3 is 0 Å². The number of aryl methyl sites for hydroxylation is 1. The molecule has 0 radical (unpaired) electrons. The molecule has 2 N–H and O–H groups in total. The van der Waals surface area contributed by atoms with Crippen LogP contribution in [0.5, 0.6) is 0 Å². The Morgan fingerprint density at radius 2 is 2.08 bits per heavy atom. The lowest BCUT2D eigenvalue weighted by molar-refractivity contribution is 0.626. The summed E-state index contributed by atoms with van der Waals surface area (Å²) in [5.74, 6) is -0.104. The van der Waals surface area contributed by atoms with Crippen molar-refractivity contribution in [1.29, 1.82) is 0 Å². The number of hydrogen-bond acceptors (Lipinski definition) is 5. The molecule has 25 heavy (non-hydrogen) atoms. The number of rotatable bonds is 4. The first-order chi connectivity index (χ1) is 12.2. The smallest absolute Gasteiger partial charge is 0.265 e. The molecule has 0 aliphatic carbocycles. The van der Waals surface area contributed by atoms with Crippen LogP contribution in [0.4, 0.5) is 10.3 Å². The number of aromatic nitrogens is 4. The second-order valence-corrected chi connectivity index (χ2v) is 5.58. The van der Waals surface area contributed by atoms with Crippen molar-refractivity contribution in [3.05, 3.63) is 59.4 Å². The highest BCUT2D eigenvalue weighted by molar-refractivity contribution is 6.03. The predicted molar refractivity (Wildman–Crippen MR) is 96.2 cm³/mol. The lowest BCUT2D eigenvalue weighted by atomic mass is 10.1. The Balaban J connectivity index is 1.63. The highest BCUT2D eigenvalue weighted by atomic mass is 19.1. The van der Waals surface area contributed by atoms with Gasteiger partial charge in [-0.1, -0.05) is 31.2 Å². The summed E-state index contributed by atoms with van der Waals surface area (Å²) in [6.07, 6.45) is 2.33. The Hall–Kier alpha value is -3.35. The van der Waals surface area contributed by atoms with E-state index in [1.165, 1.54) is 17.8 Å². The van der Waals surface area contributed by atoms with E-state index >= 15 is 0 Å². The number of fused-ring (bicyclic) bond motifs is 3. The minimum Gasteiger partial charge on any atom is -0.338 e. The summed E-state index contributed by atoms with van der Waals surface area (Å²) in [4.78, 5) is 7.60. The topological polar surface area (TPSA) is 78.9 Å². The summed E-state index contributed by atoms with van der Waals surface area (Å²) in [6, 6.07) is 12.6. The van der Waals surface area contributed by atoms with E-state index in [9.17, 15) is 4.39 Å². The Morgan fingerprint density at radius 3 is 2.92 bits per heavy atom. The summed E-state index contributed by atoms with van der Waals surface area (Å²) in [7, 11) is 0. The summed E-state index contributed by atoms with van der Waals surface area (Å²) < 4.78 is 13.5. The number of aromatic amines is 1. The molecule has 2 aromatic heterocycles. The molecular weight excluding hydrogens is 319 g/mol. The van der Waals surface area contributed by atoms with Gasteiger partial charge < -0.3 is 4.98 Å². The van der Waals surface area contributed by atoms with Gasteiger partial charge in [0.15, 0.2) is 5.65 Å². The van der Waals surface area contributed by atoms with Crippen LogP contribution in [0, 0.1) is 5.82 Å². The molecule has 7 heteroatoms. The lowest BCUT2D eigenvalue weighted by Crippen LogP contribution is -1.99. The first kappa shape index (κ1) is 15.2. The summed E-state index contributed by atoms with van der Waals surface area (Å²) in [5, 5.41) is 13.2. The maximum Gasteiger partial charge on any atom is 0.265 e. The maximum absolute atomic E-state index is 13.5. The Kier molecular flexibility index (Phi) is 3.81. The van der Waals surface area contributed by atoms with Crippen LogP contribution in [0.25, 0.3) is 22.1 Å². The van der Waals surface area contributed by atoms with Crippen molar-refractivity contribution in [3.8, 4) is 0 Å². The van der Waals surface area contributed by atoms with Gasteiger partial charge in [0.05, 0.1) is 6.21 Å². The third-order valence-electron chi connectivity index (χ3n) is 3.96. The lowest BCUT2D eigenvalue weighted by Gasteiger charge is -1.98. The van der Waals surface area contributed by atoms with E-state index in [4.69, 9.17) is 0 Å². The highest BCUT2D eigenvalue weighted by Gasteiger charge is 2.09. The molecule has 2 heterocycles. The minimum absolute atomic E-state index is 0.238.